The number of aryl methyl sites for hydroxylation is 2. The van der Waals surface area contributed by atoms with E-state index < -0.39 is 0 Å². The van der Waals surface area contributed by atoms with Crippen molar-refractivity contribution in [2.45, 2.75) is 51.6 Å². The van der Waals surface area contributed by atoms with Gasteiger partial charge in [0.15, 0.2) is 5.78 Å². The van der Waals surface area contributed by atoms with Gasteiger partial charge in [0, 0.05) is 22.6 Å². The van der Waals surface area contributed by atoms with Crippen LogP contribution in [0.15, 0.2) is 52.2 Å². The van der Waals surface area contributed by atoms with Gasteiger partial charge in [-0.2, -0.15) is 0 Å². The molecule has 0 fully saturated rings. The van der Waals surface area contributed by atoms with Crippen LogP contribution in [0.4, 0.5) is 0 Å². The Hall–Kier alpha value is -2.90. The highest BCUT2D eigenvalue weighted by Crippen LogP contribution is 2.15. The van der Waals surface area contributed by atoms with Crippen LogP contribution in [-0.4, -0.2) is 28.6 Å². The summed E-state index contributed by atoms with van der Waals surface area (Å²) in [6, 6.07) is 13.6. The van der Waals surface area contributed by atoms with Crippen LogP contribution in [-0.2, 0) is 11.3 Å². The van der Waals surface area contributed by atoms with E-state index in [1.54, 1.807) is 17.8 Å². The summed E-state index contributed by atoms with van der Waals surface area (Å²) in [5.41, 5.74) is 3.16. The van der Waals surface area contributed by atoms with Crippen molar-refractivity contribution >= 4 is 46.9 Å². The zero-order valence-electron chi connectivity index (χ0n) is 20.2. The molecule has 1 unspecified atom stereocenters. The van der Waals surface area contributed by atoms with Crippen molar-refractivity contribution in [3.8, 4) is 0 Å². The molecule has 3 rings (SSSR count). The average Bonchev–Trinajstić information content (AvgIpc) is 3.07. The minimum atomic E-state index is -0.280. The standard InChI is InChI=1S/C27H30N2O3S2/c1-6-19(4)28-25(31)16-29-26(15-23(30)21-12-17(2)11-18(3)13-21)34-24(27(29)32)14-20-7-9-22(33-5)10-8-20/h7-15,19H,6,16H2,1-5H3,(H,28,31)/b24-14-,26-15+. The zero-order valence-corrected chi connectivity index (χ0v) is 21.8. The van der Waals surface area contributed by atoms with Crippen LogP contribution in [0.25, 0.3) is 12.2 Å². The number of hydrogen-bond donors (Lipinski definition) is 1. The van der Waals surface area contributed by atoms with Gasteiger partial charge in [-0.25, -0.2) is 0 Å². The van der Waals surface area contributed by atoms with Crippen molar-refractivity contribution < 1.29 is 9.59 Å². The van der Waals surface area contributed by atoms with Crippen LogP contribution < -0.4 is 20.1 Å². The van der Waals surface area contributed by atoms with Crippen LogP contribution in [0.2, 0.25) is 0 Å². The maximum Gasteiger partial charge on any atom is 0.269 e. The van der Waals surface area contributed by atoms with Gasteiger partial charge in [-0.15, -0.1) is 23.1 Å². The van der Waals surface area contributed by atoms with Crippen molar-refractivity contribution in [2.24, 2.45) is 0 Å². The van der Waals surface area contributed by atoms with Crippen molar-refractivity contribution in [1.82, 2.24) is 9.88 Å². The number of hydrogen-bond acceptors (Lipinski definition) is 5. The maximum absolute atomic E-state index is 13.3. The molecule has 1 aromatic heterocycles. The van der Waals surface area contributed by atoms with E-state index in [1.165, 1.54) is 22.0 Å². The first-order valence-corrected chi connectivity index (χ1v) is 13.2. The molecule has 1 atom stereocenters. The molecule has 178 valence electrons. The molecule has 0 saturated heterocycles. The first-order valence-electron chi connectivity index (χ1n) is 11.2. The summed E-state index contributed by atoms with van der Waals surface area (Å²) < 4.78 is 2.33. The number of nitrogens with one attached hydrogen (secondary N) is 1. The van der Waals surface area contributed by atoms with Crippen LogP contribution in [0.1, 0.15) is 47.3 Å². The van der Waals surface area contributed by atoms with E-state index in [0.717, 1.165) is 28.0 Å². The number of ketones is 1. The quantitative estimate of drug-likeness (QED) is 0.383. The van der Waals surface area contributed by atoms with Gasteiger partial charge in [0.1, 0.15) is 11.2 Å². The number of amides is 1. The molecule has 0 aliphatic carbocycles. The molecular weight excluding hydrogens is 464 g/mol. The number of rotatable bonds is 8. The van der Waals surface area contributed by atoms with Gasteiger partial charge < -0.3 is 5.32 Å². The third kappa shape index (κ3) is 6.58. The fourth-order valence-corrected chi connectivity index (χ4v) is 4.97. The molecule has 1 N–H and O–H groups in total. The highest BCUT2D eigenvalue weighted by atomic mass is 32.2. The Morgan fingerprint density at radius 3 is 2.35 bits per heavy atom. The van der Waals surface area contributed by atoms with E-state index >= 15 is 0 Å². The van der Waals surface area contributed by atoms with Crippen LogP contribution >= 0.6 is 23.1 Å². The lowest BCUT2D eigenvalue weighted by molar-refractivity contribution is -0.122. The van der Waals surface area contributed by atoms with Gasteiger partial charge in [-0.1, -0.05) is 36.2 Å². The van der Waals surface area contributed by atoms with Gasteiger partial charge in [0.2, 0.25) is 5.91 Å². The van der Waals surface area contributed by atoms with E-state index in [0.29, 0.717) is 14.8 Å². The molecule has 0 bridgehead atoms. The highest BCUT2D eigenvalue weighted by Gasteiger charge is 2.13. The van der Waals surface area contributed by atoms with Gasteiger partial charge in [-0.05, 0) is 69.4 Å². The van der Waals surface area contributed by atoms with Crippen molar-refractivity contribution in [1.29, 1.82) is 0 Å². The predicted octanol–water partition coefficient (Wildman–Crippen LogP) is 3.66. The SMILES string of the molecule is CCC(C)NC(=O)Cn1c(=O)/c(=C/c2ccc(SC)cc2)s/c1=C/C(=O)c1cc(C)cc(C)c1. The molecule has 0 radical (unpaired) electrons. The molecule has 34 heavy (non-hydrogen) atoms. The minimum Gasteiger partial charge on any atom is -0.352 e. The predicted molar refractivity (Wildman–Crippen MR) is 142 cm³/mol. The van der Waals surface area contributed by atoms with Gasteiger partial charge >= 0.3 is 0 Å². The lowest BCUT2D eigenvalue weighted by atomic mass is 10.0. The molecule has 0 aliphatic rings. The number of nitrogens with zero attached hydrogens (tertiary/aromatic N) is 1. The lowest BCUT2D eigenvalue weighted by Crippen LogP contribution is -2.40. The summed E-state index contributed by atoms with van der Waals surface area (Å²) >= 11 is 2.87. The summed E-state index contributed by atoms with van der Waals surface area (Å²) in [4.78, 5) is 40.0. The lowest BCUT2D eigenvalue weighted by Gasteiger charge is -2.11. The van der Waals surface area contributed by atoms with Crippen molar-refractivity contribution in [2.75, 3.05) is 6.26 Å². The number of thiazole rings is 1. The summed E-state index contributed by atoms with van der Waals surface area (Å²) in [5.74, 6) is -0.446. The monoisotopic (exact) mass is 494 g/mol. The minimum absolute atomic E-state index is 0.00662. The molecule has 3 aromatic rings. The fourth-order valence-electron chi connectivity index (χ4n) is 3.52. The molecule has 1 heterocycles. The first-order chi connectivity index (χ1) is 16.2. The van der Waals surface area contributed by atoms with Gasteiger partial charge in [-0.3, -0.25) is 19.0 Å². The average molecular weight is 495 g/mol. The number of carbonyl (C=O) groups excluding carboxylic acids is 2. The molecule has 5 nitrogen and oxygen atoms in total. The van der Waals surface area contributed by atoms with E-state index in [9.17, 15) is 14.4 Å². The summed E-state index contributed by atoms with van der Waals surface area (Å²) in [6.07, 6.45) is 6.07. The number of thioether (sulfide) groups is 1. The Balaban J connectivity index is 2.10. The first kappa shape index (κ1) is 25.7. The topological polar surface area (TPSA) is 68.2 Å². The summed E-state index contributed by atoms with van der Waals surface area (Å²) in [5, 5.41) is 2.90. The Morgan fingerprint density at radius 1 is 1.12 bits per heavy atom. The molecule has 0 aliphatic heterocycles. The van der Waals surface area contributed by atoms with E-state index in [2.05, 4.69) is 5.32 Å². The Labute approximate surface area is 208 Å². The largest absolute Gasteiger partial charge is 0.352 e. The van der Waals surface area contributed by atoms with Crippen LogP contribution in [0, 0.1) is 13.8 Å². The fraction of sp³-hybridized carbons (Fsp3) is 0.296. The smallest absolute Gasteiger partial charge is 0.269 e. The summed E-state index contributed by atoms with van der Waals surface area (Å²) in [6.45, 7) is 7.66. The van der Waals surface area contributed by atoms with Gasteiger partial charge in [0.05, 0.1) is 4.53 Å². The van der Waals surface area contributed by atoms with E-state index in [4.69, 9.17) is 0 Å². The molecule has 0 saturated carbocycles. The third-order valence-corrected chi connectivity index (χ3v) is 7.24. The second kappa shape index (κ2) is 11.5. The second-order valence-electron chi connectivity index (χ2n) is 8.38. The van der Waals surface area contributed by atoms with Crippen LogP contribution in [0.5, 0.6) is 0 Å². The maximum atomic E-state index is 13.3. The Kier molecular flexibility index (Phi) is 8.69. The summed E-state index contributed by atoms with van der Waals surface area (Å²) in [7, 11) is 0. The molecule has 1 amide bonds. The second-order valence-corrected chi connectivity index (χ2v) is 10.3. The Bertz CT molecular complexity index is 1350. The van der Waals surface area contributed by atoms with Gasteiger partial charge in [0.25, 0.3) is 5.56 Å². The molecule has 0 spiro atoms. The number of aromatic nitrogens is 1. The van der Waals surface area contributed by atoms with E-state index in [-0.39, 0.29) is 29.8 Å². The molecule has 2 aromatic carbocycles. The number of benzene rings is 2. The number of carbonyl (C=O) groups is 2. The third-order valence-electron chi connectivity index (χ3n) is 5.43. The normalized spacial score (nSPS) is 13.2. The molecule has 7 heteroatoms. The van der Waals surface area contributed by atoms with Crippen molar-refractivity contribution in [3.05, 3.63) is 84.3 Å². The van der Waals surface area contributed by atoms with Crippen molar-refractivity contribution in [3.63, 3.8) is 0 Å². The van der Waals surface area contributed by atoms with Crippen LogP contribution in [0.3, 0.4) is 0 Å². The number of Topliss-reactive ketones (excluding diaryl/α,β-unsaturated/α-hetero) is 1. The zero-order chi connectivity index (χ0) is 24.8. The highest BCUT2D eigenvalue weighted by molar-refractivity contribution is 7.98. The Morgan fingerprint density at radius 2 is 1.76 bits per heavy atom. The van der Waals surface area contributed by atoms with E-state index in [1.807, 2.05) is 76.4 Å². The molecular formula is C27H30N2O3S2.